The van der Waals surface area contributed by atoms with E-state index in [1.54, 1.807) is 0 Å². The highest BCUT2D eigenvalue weighted by Gasteiger charge is 2.41. The largest absolute Gasteiger partial charge is 0.446 e. The molecule has 3 unspecified atom stereocenters. The molecular formula is C11H18N2O2. The van der Waals surface area contributed by atoms with Gasteiger partial charge in [-0.1, -0.05) is 0 Å². The lowest BCUT2D eigenvalue weighted by Crippen LogP contribution is -2.51. The van der Waals surface area contributed by atoms with E-state index in [0.29, 0.717) is 12.0 Å². The van der Waals surface area contributed by atoms with Crippen LogP contribution in [0.15, 0.2) is 0 Å². The highest BCUT2D eigenvalue weighted by atomic mass is 16.6. The summed E-state index contributed by atoms with van der Waals surface area (Å²) >= 11 is 0. The van der Waals surface area contributed by atoms with E-state index in [1.165, 1.54) is 12.8 Å². The highest BCUT2D eigenvalue weighted by molar-refractivity contribution is 5.69. The Morgan fingerprint density at radius 3 is 3.07 bits per heavy atom. The highest BCUT2D eigenvalue weighted by Crippen LogP contribution is 2.34. The summed E-state index contributed by atoms with van der Waals surface area (Å²) < 4.78 is 5.49. The van der Waals surface area contributed by atoms with Crippen molar-refractivity contribution in [1.82, 2.24) is 10.2 Å². The molecule has 1 saturated carbocycles. The molecule has 0 spiro atoms. The number of nitrogens with zero attached hydrogens (tertiary/aromatic N) is 1. The van der Waals surface area contributed by atoms with Crippen LogP contribution in [0.4, 0.5) is 4.79 Å². The Morgan fingerprint density at radius 2 is 2.27 bits per heavy atom. The van der Waals surface area contributed by atoms with Crippen molar-refractivity contribution in [3.63, 3.8) is 0 Å². The van der Waals surface area contributed by atoms with Gasteiger partial charge < -0.3 is 15.0 Å². The summed E-state index contributed by atoms with van der Waals surface area (Å²) in [6.45, 7) is 2.89. The van der Waals surface area contributed by atoms with E-state index in [2.05, 4.69) is 5.32 Å². The molecule has 1 aliphatic carbocycles. The van der Waals surface area contributed by atoms with Crippen molar-refractivity contribution >= 4 is 6.09 Å². The van der Waals surface area contributed by atoms with E-state index in [1.807, 2.05) is 4.90 Å². The Morgan fingerprint density at radius 1 is 1.33 bits per heavy atom. The predicted octanol–water partition coefficient (Wildman–Crippen LogP) is 0.969. The summed E-state index contributed by atoms with van der Waals surface area (Å²) in [6.07, 6.45) is 4.75. The van der Waals surface area contributed by atoms with Crippen LogP contribution >= 0.6 is 0 Å². The Kier molecular flexibility index (Phi) is 2.31. The number of fused-ring (bicyclic) bond motifs is 1. The Hall–Kier alpha value is -0.770. The van der Waals surface area contributed by atoms with Gasteiger partial charge in [0.1, 0.15) is 6.10 Å². The van der Waals surface area contributed by atoms with Gasteiger partial charge >= 0.3 is 6.09 Å². The van der Waals surface area contributed by atoms with Gasteiger partial charge in [-0.3, -0.25) is 0 Å². The topological polar surface area (TPSA) is 41.6 Å². The lowest BCUT2D eigenvalue weighted by Gasteiger charge is -2.37. The van der Waals surface area contributed by atoms with Crippen molar-refractivity contribution in [3.05, 3.63) is 0 Å². The third-order valence-corrected chi connectivity index (χ3v) is 3.98. The average molecular weight is 210 g/mol. The van der Waals surface area contributed by atoms with Gasteiger partial charge in [-0.15, -0.1) is 0 Å². The molecule has 3 fully saturated rings. The maximum atomic E-state index is 11.8. The first-order chi connectivity index (χ1) is 7.34. The molecule has 3 aliphatic rings. The monoisotopic (exact) mass is 210 g/mol. The molecule has 3 rings (SSSR count). The molecule has 1 amide bonds. The first-order valence-corrected chi connectivity index (χ1v) is 6.02. The zero-order chi connectivity index (χ0) is 10.3. The molecule has 15 heavy (non-hydrogen) atoms. The van der Waals surface area contributed by atoms with E-state index in [0.717, 1.165) is 32.5 Å². The van der Waals surface area contributed by atoms with E-state index in [4.69, 9.17) is 4.74 Å². The van der Waals surface area contributed by atoms with Crippen molar-refractivity contribution < 1.29 is 9.53 Å². The summed E-state index contributed by atoms with van der Waals surface area (Å²) in [7, 11) is 0. The fraction of sp³-hybridized carbons (Fsp3) is 0.909. The van der Waals surface area contributed by atoms with Gasteiger partial charge in [0.05, 0.1) is 0 Å². The lowest BCUT2D eigenvalue weighted by molar-refractivity contribution is -0.00892. The Labute approximate surface area is 90.0 Å². The first-order valence-electron chi connectivity index (χ1n) is 6.02. The summed E-state index contributed by atoms with van der Waals surface area (Å²) in [6, 6.07) is 0.374. The molecule has 2 heterocycles. The SMILES string of the molecule is O=C1OC2CCCC2CN1C1CCNC1. The number of nitrogens with one attached hydrogen (secondary N) is 1. The first kappa shape index (κ1) is 9.46. The zero-order valence-electron chi connectivity index (χ0n) is 8.95. The van der Waals surface area contributed by atoms with E-state index in [9.17, 15) is 4.79 Å². The number of rotatable bonds is 1. The maximum Gasteiger partial charge on any atom is 0.410 e. The summed E-state index contributed by atoms with van der Waals surface area (Å²) in [5, 5.41) is 3.30. The van der Waals surface area contributed by atoms with Gasteiger partial charge in [0.25, 0.3) is 0 Å². The third kappa shape index (κ3) is 1.61. The van der Waals surface area contributed by atoms with Crippen LogP contribution in [0.2, 0.25) is 0 Å². The second kappa shape index (κ2) is 3.67. The van der Waals surface area contributed by atoms with E-state index < -0.39 is 0 Å². The van der Waals surface area contributed by atoms with Crippen LogP contribution in [0.5, 0.6) is 0 Å². The van der Waals surface area contributed by atoms with E-state index >= 15 is 0 Å². The smallest absolute Gasteiger partial charge is 0.410 e. The van der Waals surface area contributed by atoms with Crippen LogP contribution < -0.4 is 5.32 Å². The normalized spacial score (nSPS) is 40.4. The van der Waals surface area contributed by atoms with Crippen molar-refractivity contribution in [3.8, 4) is 0 Å². The molecular weight excluding hydrogens is 192 g/mol. The van der Waals surface area contributed by atoms with Crippen molar-refractivity contribution in [2.24, 2.45) is 5.92 Å². The standard InChI is InChI=1S/C11H18N2O2/c14-11-13(9-4-5-12-6-9)7-8-2-1-3-10(8)15-11/h8-10,12H,1-7H2. The molecule has 2 saturated heterocycles. The molecule has 3 atom stereocenters. The molecule has 1 N–H and O–H groups in total. The molecule has 0 aromatic heterocycles. The van der Waals surface area contributed by atoms with Crippen LogP contribution in [0, 0.1) is 5.92 Å². The van der Waals surface area contributed by atoms with Gasteiger partial charge in [0.2, 0.25) is 0 Å². The second-order valence-electron chi connectivity index (χ2n) is 4.91. The molecule has 0 radical (unpaired) electrons. The molecule has 2 aliphatic heterocycles. The maximum absolute atomic E-state index is 11.8. The van der Waals surface area contributed by atoms with Gasteiger partial charge in [0.15, 0.2) is 0 Å². The average Bonchev–Trinajstić information content (AvgIpc) is 2.85. The molecule has 4 nitrogen and oxygen atoms in total. The summed E-state index contributed by atoms with van der Waals surface area (Å²) in [5.74, 6) is 0.600. The van der Waals surface area contributed by atoms with Crippen molar-refractivity contribution in [1.29, 1.82) is 0 Å². The van der Waals surface area contributed by atoms with Crippen LogP contribution in [0.1, 0.15) is 25.7 Å². The zero-order valence-corrected chi connectivity index (χ0v) is 8.95. The number of hydrogen-bond donors (Lipinski definition) is 1. The minimum Gasteiger partial charge on any atom is -0.446 e. The summed E-state index contributed by atoms with van der Waals surface area (Å²) in [4.78, 5) is 13.8. The second-order valence-corrected chi connectivity index (χ2v) is 4.91. The fourth-order valence-electron chi connectivity index (χ4n) is 3.09. The van der Waals surface area contributed by atoms with Crippen molar-refractivity contribution in [2.45, 2.75) is 37.8 Å². The van der Waals surface area contributed by atoms with Crippen LogP contribution in [-0.4, -0.2) is 42.8 Å². The molecule has 0 aromatic carbocycles. The Bertz CT molecular complexity index is 263. The Balaban J connectivity index is 1.70. The number of carbonyl (C=O) groups is 1. The number of hydrogen-bond acceptors (Lipinski definition) is 3. The number of amides is 1. The molecule has 0 aromatic rings. The van der Waals surface area contributed by atoms with Gasteiger partial charge in [-0.2, -0.15) is 0 Å². The lowest BCUT2D eigenvalue weighted by atomic mass is 10.0. The molecule has 0 bridgehead atoms. The van der Waals surface area contributed by atoms with Crippen LogP contribution in [0.3, 0.4) is 0 Å². The van der Waals surface area contributed by atoms with Gasteiger partial charge in [-0.05, 0) is 32.2 Å². The van der Waals surface area contributed by atoms with Crippen LogP contribution in [0.25, 0.3) is 0 Å². The summed E-state index contributed by atoms with van der Waals surface area (Å²) in [5.41, 5.74) is 0. The predicted molar refractivity (Wildman–Crippen MR) is 55.6 cm³/mol. The minimum atomic E-state index is -0.0770. The fourth-order valence-corrected chi connectivity index (χ4v) is 3.09. The van der Waals surface area contributed by atoms with Crippen molar-refractivity contribution in [2.75, 3.05) is 19.6 Å². The molecule has 4 heteroatoms. The number of ether oxygens (including phenoxy) is 1. The van der Waals surface area contributed by atoms with Gasteiger partial charge in [-0.25, -0.2) is 4.79 Å². The minimum absolute atomic E-state index is 0.0770. The number of carbonyl (C=O) groups excluding carboxylic acids is 1. The van der Waals surface area contributed by atoms with Gasteiger partial charge in [0, 0.05) is 25.0 Å². The third-order valence-electron chi connectivity index (χ3n) is 3.98. The molecule has 84 valence electrons. The van der Waals surface area contributed by atoms with E-state index in [-0.39, 0.29) is 12.2 Å². The van der Waals surface area contributed by atoms with Crippen LogP contribution in [-0.2, 0) is 4.74 Å². The quantitative estimate of drug-likeness (QED) is 0.701.